The number of nitrogens with zero attached hydrogens (tertiary/aromatic N) is 2. The van der Waals surface area contributed by atoms with Crippen LogP contribution in [-0.4, -0.2) is 28.5 Å². The van der Waals surface area contributed by atoms with Gasteiger partial charge in [0.15, 0.2) is 0 Å². The fraction of sp³-hybridized carbons (Fsp3) is 0.476. The number of rotatable bonds is 5. The van der Waals surface area contributed by atoms with E-state index in [-0.39, 0.29) is 11.9 Å². The van der Waals surface area contributed by atoms with Crippen LogP contribution in [-0.2, 0) is 0 Å². The van der Waals surface area contributed by atoms with E-state index in [9.17, 15) is 4.79 Å². The molecule has 1 fully saturated rings. The van der Waals surface area contributed by atoms with E-state index in [2.05, 4.69) is 39.7 Å². The number of amides is 1. The Morgan fingerprint density at radius 2 is 1.89 bits per heavy atom. The Morgan fingerprint density at radius 1 is 1.15 bits per heavy atom. The summed E-state index contributed by atoms with van der Waals surface area (Å²) in [6.07, 6.45) is 5.73. The average molecular weight is 387 g/mol. The van der Waals surface area contributed by atoms with Gasteiger partial charge in [-0.2, -0.15) is 0 Å². The van der Waals surface area contributed by atoms with E-state index in [0.29, 0.717) is 22.2 Å². The molecule has 1 amide bonds. The highest BCUT2D eigenvalue weighted by atomic mass is 35.5. The summed E-state index contributed by atoms with van der Waals surface area (Å²) < 4.78 is 0. The first-order valence-corrected chi connectivity index (χ1v) is 9.90. The molecule has 0 radical (unpaired) electrons. The van der Waals surface area contributed by atoms with E-state index >= 15 is 0 Å². The molecular weight excluding hydrogens is 360 g/mol. The minimum absolute atomic E-state index is 0.0801. The van der Waals surface area contributed by atoms with Gasteiger partial charge in [0.05, 0.1) is 16.3 Å². The number of carbonyl (C=O) groups is 1. The summed E-state index contributed by atoms with van der Waals surface area (Å²) in [6.45, 7) is 6.86. The highest BCUT2D eigenvalue weighted by Gasteiger charge is 2.23. The topological polar surface area (TPSA) is 66.9 Å². The summed E-state index contributed by atoms with van der Waals surface area (Å²) in [5.41, 5.74) is 3.53. The fourth-order valence-electron chi connectivity index (χ4n) is 3.69. The van der Waals surface area contributed by atoms with Gasteiger partial charge in [0.25, 0.3) is 5.91 Å². The number of pyridine rings is 2. The minimum atomic E-state index is -0.0801. The molecule has 2 heterocycles. The van der Waals surface area contributed by atoms with Crippen LogP contribution in [0.1, 0.15) is 53.0 Å². The SMILES string of the molecule is Cc1cc(C)nc(NC[C@H]2CC[C@H](NC(=O)c3cc(Cl)cnc3C)CC2)c1. The van der Waals surface area contributed by atoms with Crippen LogP contribution in [0.4, 0.5) is 5.82 Å². The Labute approximate surface area is 166 Å². The monoisotopic (exact) mass is 386 g/mol. The first kappa shape index (κ1) is 19.6. The van der Waals surface area contributed by atoms with Crippen molar-refractivity contribution >= 4 is 23.3 Å². The number of anilines is 1. The number of nitrogens with one attached hydrogen (secondary N) is 2. The van der Waals surface area contributed by atoms with Crippen molar-refractivity contribution in [3.05, 3.63) is 51.9 Å². The zero-order chi connectivity index (χ0) is 19.4. The van der Waals surface area contributed by atoms with Crippen LogP contribution >= 0.6 is 11.6 Å². The summed E-state index contributed by atoms with van der Waals surface area (Å²) in [5, 5.41) is 7.10. The Bertz CT molecular complexity index is 796. The van der Waals surface area contributed by atoms with Gasteiger partial charge >= 0.3 is 0 Å². The summed E-state index contributed by atoms with van der Waals surface area (Å²) in [5.74, 6) is 1.48. The lowest BCUT2D eigenvalue weighted by atomic mass is 9.86. The first-order chi connectivity index (χ1) is 12.9. The first-order valence-electron chi connectivity index (χ1n) is 9.53. The van der Waals surface area contributed by atoms with Gasteiger partial charge in [-0.1, -0.05) is 11.6 Å². The van der Waals surface area contributed by atoms with Crippen LogP contribution in [0.25, 0.3) is 0 Å². The zero-order valence-corrected chi connectivity index (χ0v) is 16.9. The molecule has 144 valence electrons. The van der Waals surface area contributed by atoms with Gasteiger partial charge < -0.3 is 10.6 Å². The van der Waals surface area contributed by atoms with E-state index in [0.717, 1.165) is 43.7 Å². The normalized spacial score (nSPS) is 19.6. The highest BCUT2D eigenvalue weighted by Crippen LogP contribution is 2.25. The highest BCUT2D eigenvalue weighted by molar-refractivity contribution is 6.30. The van der Waals surface area contributed by atoms with Crippen LogP contribution in [0.5, 0.6) is 0 Å². The number of hydrogen-bond donors (Lipinski definition) is 2. The molecule has 0 aliphatic heterocycles. The van der Waals surface area contributed by atoms with Gasteiger partial charge in [0, 0.05) is 24.5 Å². The molecule has 27 heavy (non-hydrogen) atoms. The van der Waals surface area contributed by atoms with Gasteiger partial charge in [0.1, 0.15) is 5.82 Å². The van der Waals surface area contributed by atoms with E-state index < -0.39 is 0 Å². The predicted molar refractivity (Wildman–Crippen MR) is 109 cm³/mol. The average Bonchev–Trinajstić information content (AvgIpc) is 2.62. The molecule has 1 saturated carbocycles. The van der Waals surface area contributed by atoms with Gasteiger partial charge in [-0.3, -0.25) is 9.78 Å². The lowest BCUT2D eigenvalue weighted by Gasteiger charge is -2.29. The Balaban J connectivity index is 1.47. The number of carbonyl (C=O) groups excluding carboxylic acids is 1. The van der Waals surface area contributed by atoms with Crippen molar-refractivity contribution in [2.24, 2.45) is 5.92 Å². The fourth-order valence-corrected chi connectivity index (χ4v) is 3.85. The largest absolute Gasteiger partial charge is 0.370 e. The number of aryl methyl sites for hydroxylation is 3. The molecule has 0 saturated heterocycles. The molecule has 1 aliphatic rings. The second-order valence-electron chi connectivity index (χ2n) is 7.53. The van der Waals surface area contributed by atoms with E-state index in [1.165, 1.54) is 5.56 Å². The molecule has 2 aromatic heterocycles. The third-order valence-corrected chi connectivity index (χ3v) is 5.36. The third kappa shape index (κ3) is 5.42. The second-order valence-corrected chi connectivity index (χ2v) is 7.97. The molecule has 0 spiro atoms. The van der Waals surface area contributed by atoms with Gasteiger partial charge in [0.2, 0.25) is 0 Å². The number of aromatic nitrogens is 2. The summed E-state index contributed by atoms with van der Waals surface area (Å²) in [7, 11) is 0. The van der Waals surface area contributed by atoms with Crippen LogP contribution in [0.15, 0.2) is 24.4 Å². The lowest BCUT2D eigenvalue weighted by molar-refractivity contribution is 0.0921. The molecule has 0 unspecified atom stereocenters. The van der Waals surface area contributed by atoms with Gasteiger partial charge in [-0.05, 0) is 76.1 Å². The summed E-state index contributed by atoms with van der Waals surface area (Å²) >= 11 is 5.97. The Hall–Kier alpha value is -2.14. The molecule has 6 heteroatoms. The molecular formula is C21H27ClN4O. The second kappa shape index (κ2) is 8.70. The summed E-state index contributed by atoms with van der Waals surface area (Å²) in [6, 6.07) is 6.06. The standard InChI is InChI=1S/C21H27ClN4O/c1-13-8-14(2)25-20(9-13)24-11-16-4-6-18(7-5-16)26-21(27)19-10-17(22)12-23-15(19)3/h8-10,12,16,18H,4-7,11H2,1-3H3,(H,24,25)(H,26,27)/t16-,18-. The van der Waals surface area contributed by atoms with Crippen molar-refractivity contribution in [3.8, 4) is 0 Å². The van der Waals surface area contributed by atoms with Crippen molar-refractivity contribution in [1.29, 1.82) is 0 Å². The van der Waals surface area contributed by atoms with Crippen molar-refractivity contribution < 1.29 is 4.79 Å². The van der Waals surface area contributed by atoms with E-state index in [1.807, 2.05) is 13.8 Å². The molecule has 0 bridgehead atoms. The lowest BCUT2D eigenvalue weighted by Crippen LogP contribution is -2.38. The van der Waals surface area contributed by atoms with Crippen LogP contribution in [0.3, 0.4) is 0 Å². The van der Waals surface area contributed by atoms with Crippen LogP contribution in [0, 0.1) is 26.7 Å². The number of halogens is 1. The maximum Gasteiger partial charge on any atom is 0.253 e. The van der Waals surface area contributed by atoms with Gasteiger partial charge in [-0.25, -0.2) is 4.98 Å². The smallest absolute Gasteiger partial charge is 0.253 e. The maximum atomic E-state index is 12.5. The van der Waals surface area contributed by atoms with Crippen molar-refractivity contribution in [2.45, 2.75) is 52.5 Å². The Kier molecular flexibility index (Phi) is 6.32. The molecule has 0 atom stereocenters. The quantitative estimate of drug-likeness (QED) is 0.796. The Morgan fingerprint density at radius 3 is 2.59 bits per heavy atom. The maximum absolute atomic E-state index is 12.5. The predicted octanol–water partition coefficient (Wildman–Crippen LogP) is 4.46. The molecule has 0 aromatic carbocycles. The van der Waals surface area contributed by atoms with E-state index in [4.69, 9.17) is 11.6 Å². The van der Waals surface area contributed by atoms with Crippen LogP contribution in [0.2, 0.25) is 5.02 Å². The minimum Gasteiger partial charge on any atom is -0.370 e. The molecule has 3 rings (SSSR count). The molecule has 2 N–H and O–H groups in total. The molecule has 1 aliphatic carbocycles. The molecule has 2 aromatic rings. The van der Waals surface area contributed by atoms with Crippen LogP contribution < -0.4 is 10.6 Å². The van der Waals surface area contributed by atoms with Crippen molar-refractivity contribution in [1.82, 2.24) is 15.3 Å². The molecule has 5 nitrogen and oxygen atoms in total. The zero-order valence-electron chi connectivity index (χ0n) is 16.2. The van der Waals surface area contributed by atoms with Gasteiger partial charge in [-0.15, -0.1) is 0 Å². The number of hydrogen-bond acceptors (Lipinski definition) is 4. The summed E-state index contributed by atoms with van der Waals surface area (Å²) in [4.78, 5) is 21.2. The van der Waals surface area contributed by atoms with Crippen molar-refractivity contribution in [2.75, 3.05) is 11.9 Å². The van der Waals surface area contributed by atoms with Crippen molar-refractivity contribution in [3.63, 3.8) is 0 Å². The third-order valence-electron chi connectivity index (χ3n) is 5.15. The van der Waals surface area contributed by atoms with E-state index in [1.54, 1.807) is 12.3 Å².